The number of allylic oxidation sites excluding steroid dienone is 3. The van der Waals surface area contributed by atoms with Crippen LogP contribution in [0, 0.1) is 39.9 Å². The quantitative estimate of drug-likeness (QED) is 0.510. The first kappa shape index (κ1) is 18.7. The van der Waals surface area contributed by atoms with Gasteiger partial charge < -0.3 is 0 Å². The third kappa shape index (κ3) is 2.49. The zero-order chi connectivity index (χ0) is 19.7. The summed E-state index contributed by atoms with van der Waals surface area (Å²) < 4.78 is 0. The molecule has 28 heavy (non-hydrogen) atoms. The molecule has 6 unspecified atom stereocenters. The van der Waals surface area contributed by atoms with Gasteiger partial charge >= 0.3 is 0 Å². The van der Waals surface area contributed by atoms with Crippen molar-refractivity contribution in [2.75, 3.05) is 0 Å². The normalized spacial score (nSPS) is 43.4. The first-order chi connectivity index (χ1) is 13.3. The van der Waals surface area contributed by atoms with Gasteiger partial charge in [-0.1, -0.05) is 81.8 Å². The zero-order valence-electron chi connectivity index (χ0n) is 18.4. The van der Waals surface area contributed by atoms with Crippen LogP contribution in [0.25, 0.3) is 0 Å². The smallest absolute Gasteiger partial charge is 0.00424 e. The summed E-state index contributed by atoms with van der Waals surface area (Å²) in [5.41, 5.74) is 6.12. The zero-order valence-corrected chi connectivity index (χ0v) is 18.4. The van der Waals surface area contributed by atoms with Gasteiger partial charge in [0, 0.05) is 0 Å². The van der Waals surface area contributed by atoms with Crippen LogP contribution in [0.2, 0.25) is 0 Å². The number of rotatable bonds is 3. The molecule has 4 aliphatic rings. The molecule has 3 fully saturated rings. The molecule has 6 atom stereocenters. The average molecular weight is 375 g/mol. The van der Waals surface area contributed by atoms with E-state index >= 15 is 0 Å². The van der Waals surface area contributed by atoms with Gasteiger partial charge in [-0.15, -0.1) is 0 Å². The number of benzene rings is 1. The molecule has 0 radical (unpaired) electrons. The number of hydrogen-bond donors (Lipinski definition) is 0. The monoisotopic (exact) mass is 374 g/mol. The fourth-order valence-electron chi connectivity index (χ4n) is 8.24. The number of fused-ring (bicyclic) bond motifs is 4. The lowest BCUT2D eigenvalue weighted by Gasteiger charge is -2.54. The highest BCUT2D eigenvalue weighted by molar-refractivity contribution is 5.47. The maximum Gasteiger partial charge on any atom is -0.00424 e. The van der Waals surface area contributed by atoms with Crippen LogP contribution in [0.5, 0.6) is 0 Å². The Morgan fingerprint density at radius 3 is 2.50 bits per heavy atom. The maximum absolute atomic E-state index is 4.55. The molecule has 0 aliphatic heterocycles. The van der Waals surface area contributed by atoms with Gasteiger partial charge in [-0.2, -0.15) is 0 Å². The van der Waals surface area contributed by atoms with Gasteiger partial charge in [0.1, 0.15) is 0 Å². The molecular weight excluding hydrogens is 336 g/mol. The first-order valence-corrected chi connectivity index (χ1v) is 11.7. The van der Waals surface area contributed by atoms with Crippen molar-refractivity contribution < 1.29 is 0 Å². The van der Waals surface area contributed by atoms with Crippen molar-refractivity contribution in [2.24, 2.45) is 39.9 Å². The summed E-state index contributed by atoms with van der Waals surface area (Å²) in [5, 5.41) is 0. The molecule has 0 heteroatoms. The molecule has 0 heterocycles. The molecule has 0 aromatic heterocycles. The lowest BCUT2D eigenvalue weighted by Crippen LogP contribution is -2.45. The van der Waals surface area contributed by atoms with Crippen LogP contribution < -0.4 is 0 Å². The van der Waals surface area contributed by atoms with E-state index in [1.54, 1.807) is 0 Å². The predicted molar refractivity (Wildman–Crippen MR) is 119 cm³/mol. The summed E-state index contributed by atoms with van der Waals surface area (Å²) in [6.45, 7) is 14.7. The minimum atomic E-state index is 0.405. The summed E-state index contributed by atoms with van der Waals surface area (Å²) in [6.07, 6.45) is 12.4. The molecule has 0 amide bonds. The topological polar surface area (TPSA) is 0 Å². The van der Waals surface area contributed by atoms with Gasteiger partial charge in [-0.25, -0.2) is 0 Å². The molecule has 0 saturated heterocycles. The summed E-state index contributed by atoms with van der Waals surface area (Å²) in [5.74, 6) is 3.27. The van der Waals surface area contributed by atoms with E-state index in [0.29, 0.717) is 16.2 Å². The van der Waals surface area contributed by atoms with Gasteiger partial charge in [0.25, 0.3) is 0 Å². The van der Waals surface area contributed by atoms with Crippen LogP contribution in [0.1, 0.15) is 71.8 Å². The highest BCUT2D eigenvalue weighted by atomic mass is 14.7. The van der Waals surface area contributed by atoms with Crippen molar-refractivity contribution in [3.8, 4) is 0 Å². The third-order valence-electron chi connectivity index (χ3n) is 9.83. The van der Waals surface area contributed by atoms with Crippen LogP contribution in [0.4, 0.5) is 0 Å². The molecule has 3 saturated carbocycles. The van der Waals surface area contributed by atoms with Crippen molar-refractivity contribution in [1.29, 1.82) is 0 Å². The average Bonchev–Trinajstić information content (AvgIpc) is 3.07. The molecule has 5 rings (SSSR count). The standard InChI is InChI=1S/C28H38/c1-19-17-23-27(5,25-24(19)26(25,3)4)20(2)13-15-28(23)16-14-22(18-28)12-11-21-9-7-6-8-10-21/h6-10,17,20,22,24-25H,1,11-16,18H2,2-5H3. The van der Waals surface area contributed by atoms with E-state index in [2.05, 4.69) is 70.7 Å². The predicted octanol–water partition coefficient (Wildman–Crippen LogP) is 7.61. The van der Waals surface area contributed by atoms with Gasteiger partial charge in [0.05, 0.1) is 0 Å². The van der Waals surface area contributed by atoms with E-state index in [1.165, 1.54) is 56.1 Å². The summed E-state index contributed by atoms with van der Waals surface area (Å²) >= 11 is 0. The van der Waals surface area contributed by atoms with Crippen LogP contribution in [-0.2, 0) is 6.42 Å². The van der Waals surface area contributed by atoms with E-state index < -0.39 is 0 Å². The Morgan fingerprint density at radius 2 is 1.75 bits per heavy atom. The third-order valence-corrected chi connectivity index (χ3v) is 9.83. The molecule has 1 aromatic carbocycles. The van der Waals surface area contributed by atoms with Crippen LogP contribution >= 0.6 is 0 Å². The largest absolute Gasteiger partial charge is 0.0955 e. The van der Waals surface area contributed by atoms with Gasteiger partial charge in [-0.3, -0.25) is 0 Å². The second-order valence-corrected chi connectivity index (χ2v) is 11.5. The Hall–Kier alpha value is -1.30. The van der Waals surface area contributed by atoms with Crippen LogP contribution in [0.15, 0.2) is 54.1 Å². The summed E-state index contributed by atoms with van der Waals surface area (Å²) in [7, 11) is 0. The first-order valence-electron chi connectivity index (χ1n) is 11.7. The summed E-state index contributed by atoms with van der Waals surface area (Å²) in [4.78, 5) is 0. The Kier molecular flexibility index (Phi) is 4.08. The number of aryl methyl sites for hydroxylation is 1. The highest BCUT2D eigenvalue weighted by Crippen LogP contribution is 2.78. The Bertz CT molecular complexity index is 812. The molecule has 1 aromatic rings. The van der Waals surface area contributed by atoms with Crippen molar-refractivity contribution in [3.05, 3.63) is 59.7 Å². The van der Waals surface area contributed by atoms with E-state index in [9.17, 15) is 0 Å². The minimum absolute atomic E-state index is 0.405. The van der Waals surface area contributed by atoms with Gasteiger partial charge in [0.15, 0.2) is 0 Å². The van der Waals surface area contributed by atoms with Crippen molar-refractivity contribution in [1.82, 2.24) is 0 Å². The van der Waals surface area contributed by atoms with Gasteiger partial charge in [0.2, 0.25) is 0 Å². The van der Waals surface area contributed by atoms with E-state index in [-0.39, 0.29) is 0 Å². The van der Waals surface area contributed by atoms with Gasteiger partial charge in [-0.05, 0) is 90.4 Å². The van der Waals surface area contributed by atoms with Crippen molar-refractivity contribution in [3.63, 3.8) is 0 Å². The molecule has 150 valence electrons. The molecule has 0 bridgehead atoms. The molecule has 0 N–H and O–H groups in total. The molecule has 4 aliphatic carbocycles. The van der Waals surface area contributed by atoms with Crippen LogP contribution in [0.3, 0.4) is 0 Å². The SMILES string of the molecule is C=C1C=C2C3(CCC(CCc4ccccc4)C3)CCC(C)C2(C)C2C1C2(C)C. The van der Waals surface area contributed by atoms with E-state index in [4.69, 9.17) is 0 Å². The van der Waals surface area contributed by atoms with Crippen molar-refractivity contribution in [2.45, 2.75) is 72.6 Å². The van der Waals surface area contributed by atoms with E-state index in [0.717, 1.165) is 23.7 Å². The Labute approximate surface area is 172 Å². The van der Waals surface area contributed by atoms with Crippen molar-refractivity contribution >= 4 is 0 Å². The Balaban J connectivity index is 1.39. The fraction of sp³-hybridized carbons (Fsp3) is 0.643. The second-order valence-electron chi connectivity index (χ2n) is 11.5. The van der Waals surface area contributed by atoms with E-state index in [1.807, 2.05) is 5.57 Å². The number of hydrogen-bond acceptors (Lipinski definition) is 0. The van der Waals surface area contributed by atoms with Crippen LogP contribution in [-0.4, -0.2) is 0 Å². The lowest BCUT2D eigenvalue weighted by atomic mass is 9.50. The minimum Gasteiger partial charge on any atom is -0.0955 e. The Morgan fingerprint density at radius 1 is 1.04 bits per heavy atom. The second kappa shape index (κ2) is 6.10. The maximum atomic E-state index is 4.55. The molecular formula is C28H38. The fourth-order valence-corrected chi connectivity index (χ4v) is 8.24. The summed E-state index contributed by atoms with van der Waals surface area (Å²) in [6, 6.07) is 11.1. The highest BCUT2D eigenvalue weighted by Gasteiger charge is 2.71. The molecule has 0 nitrogen and oxygen atoms in total. The molecule has 1 spiro atoms. The lowest BCUT2D eigenvalue weighted by molar-refractivity contribution is 0.0706.